The quantitative estimate of drug-likeness (QED) is 0.560. The fourth-order valence-corrected chi connectivity index (χ4v) is 2.71. The molecule has 0 saturated heterocycles. The molecule has 0 bridgehead atoms. The van der Waals surface area contributed by atoms with E-state index < -0.39 is 23.1 Å². The van der Waals surface area contributed by atoms with Gasteiger partial charge in [0.15, 0.2) is 0 Å². The van der Waals surface area contributed by atoms with Crippen LogP contribution in [0.4, 0.5) is 0 Å². The number of aliphatic hydroxyl groups is 2. The van der Waals surface area contributed by atoms with Crippen molar-refractivity contribution in [3.05, 3.63) is 0 Å². The second kappa shape index (κ2) is 5.25. The Bertz CT molecular complexity index is 273. The molecule has 0 radical (unpaired) electrons. The van der Waals surface area contributed by atoms with E-state index in [1.807, 2.05) is 6.92 Å². The molecule has 90 valence electrons. The summed E-state index contributed by atoms with van der Waals surface area (Å²) in [5.41, 5.74) is 0. The second-order valence-electron chi connectivity index (χ2n) is 4.20. The lowest BCUT2D eigenvalue weighted by Crippen LogP contribution is -2.35. The van der Waals surface area contributed by atoms with E-state index in [1.54, 1.807) is 6.92 Å². The molecule has 0 aliphatic heterocycles. The summed E-state index contributed by atoms with van der Waals surface area (Å²) in [4.78, 5) is 0. The fraction of sp³-hybridized carbons (Fsp3) is 1.00. The molecule has 1 aliphatic rings. The molecule has 6 heteroatoms. The van der Waals surface area contributed by atoms with Gasteiger partial charge in [0.05, 0.1) is 12.2 Å². The largest absolute Gasteiger partial charge is 0.390 e. The topological polar surface area (TPSA) is 77.8 Å². The first-order valence-corrected chi connectivity index (χ1v) is 6.35. The van der Waals surface area contributed by atoms with E-state index in [1.165, 1.54) is 4.31 Å². The van der Waals surface area contributed by atoms with E-state index in [4.69, 9.17) is 0 Å². The summed E-state index contributed by atoms with van der Waals surface area (Å²) >= 11 is 0. The van der Waals surface area contributed by atoms with Gasteiger partial charge in [-0.1, -0.05) is 13.8 Å². The third kappa shape index (κ3) is 2.90. The Morgan fingerprint density at radius 3 is 2.27 bits per heavy atom. The number of nitrogens with zero attached hydrogens (tertiary/aromatic N) is 1. The predicted molar refractivity (Wildman–Crippen MR) is 56.8 cm³/mol. The maximum atomic E-state index is 10.8. The van der Waals surface area contributed by atoms with Crippen LogP contribution in [0.15, 0.2) is 0 Å². The number of rotatable bonds is 4. The lowest BCUT2D eigenvalue weighted by Gasteiger charge is -2.21. The van der Waals surface area contributed by atoms with Crippen LogP contribution in [-0.4, -0.2) is 48.2 Å². The van der Waals surface area contributed by atoms with Crippen LogP contribution in [-0.2, 0) is 10.9 Å². The predicted octanol–water partition coefficient (Wildman–Crippen LogP) is -0.787. The first-order valence-electron chi connectivity index (χ1n) is 5.22. The molecule has 5 nitrogen and oxygen atoms in total. The van der Waals surface area contributed by atoms with Gasteiger partial charge in [0, 0.05) is 19.0 Å². The molecular formula is C9H19NO4S. The zero-order chi connectivity index (χ0) is 11.6. The van der Waals surface area contributed by atoms with Crippen LogP contribution in [0.25, 0.3) is 0 Å². The fourth-order valence-electron chi connectivity index (χ4n) is 2.14. The molecule has 0 aromatic heterocycles. The zero-order valence-electron chi connectivity index (χ0n) is 9.04. The molecule has 1 aliphatic carbocycles. The number of hydrogen-bond donors (Lipinski definition) is 3. The van der Waals surface area contributed by atoms with Crippen molar-refractivity contribution in [2.75, 3.05) is 13.1 Å². The van der Waals surface area contributed by atoms with Crippen molar-refractivity contribution in [1.29, 1.82) is 0 Å². The lowest BCUT2D eigenvalue weighted by atomic mass is 10.1. The Balaban J connectivity index is 2.59. The molecule has 1 rings (SSSR count). The highest BCUT2D eigenvalue weighted by molar-refractivity contribution is 7.69. The van der Waals surface area contributed by atoms with Crippen molar-refractivity contribution < 1.29 is 18.6 Å². The van der Waals surface area contributed by atoms with Gasteiger partial charge < -0.3 is 10.2 Å². The minimum absolute atomic E-state index is 0.0354. The van der Waals surface area contributed by atoms with Crippen molar-refractivity contribution in [1.82, 2.24) is 4.31 Å². The summed E-state index contributed by atoms with van der Waals surface area (Å²) in [6.45, 7) is 4.33. The Morgan fingerprint density at radius 2 is 1.93 bits per heavy atom. The van der Waals surface area contributed by atoms with Crippen LogP contribution in [0.3, 0.4) is 0 Å². The Hall–Kier alpha value is -0.170. The highest BCUT2D eigenvalue weighted by Crippen LogP contribution is 2.31. The summed E-state index contributed by atoms with van der Waals surface area (Å²) in [5.74, 6) is -0.115. The molecule has 4 atom stereocenters. The van der Waals surface area contributed by atoms with Gasteiger partial charge in [-0.05, 0) is 12.3 Å². The van der Waals surface area contributed by atoms with E-state index in [9.17, 15) is 18.6 Å². The normalized spacial score (nSPS) is 36.7. The average Bonchev–Trinajstić information content (AvgIpc) is 2.42. The highest BCUT2D eigenvalue weighted by Gasteiger charge is 2.39. The van der Waals surface area contributed by atoms with Crippen LogP contribution in [0.5, 0.6) is 0 Å². The van der Waals surface area contributed by atoms with E-state index in [2.05, 4.69) is 0 Å². The van der Waals surface area contributed by atoms with Crippen LogP contribution >= 0.6 is 0 Å². The number of thiol groups is 1. The van der Waals surface area contributed by atoms with Crippen molar-refractivity contribution in [3.63, 3.8) is 0 Å². The van der Waals surface area contributed by atoms with E-state index in [0.29, 0.717) is 19.5 Å². The molecular weight excluding hydrogens is 218 g/mol. The third-order valence-electron chi connectivity index (χ3n) is 3.13. The van der Waals surface area contributed by atoms with Gasteiger partial charge in [-0.15, -0.1) is 0 Å². The number of hydrogen-bond acceptors (Lipinski definition) is 4. The standard InChI is InChI=1S/C9H19NO4S/c1-3-10(15(13)14)5-7-4-6(2)8(11)9(7)12/h6-9,11-12,15H,3-5H2,1-2H3/t6-,7-,8+,9-/m1/s1. The Morgan fingerprint density at radius 1 is 1.33 bits per heavy atom. The summed E-state index contributed by atoms with van der Waals surface area (Å²) in [5, 5.41) is 19.2. The second-order valence-corrected chi connectivity index (χ2v) is 5.24. The minimum Gasteiger partial charge on any atom is -0.390 e. The van der Waals surface area contributed by atoms with Gasteiger partial charge in [0.25, 0.3) is 0 Å². The SMILES string of the molecule is CCN(C[C@H]1C[C@@H](C)[C@H](O)[C@@H]1O)[SH](=O)=O. The van der Waals surface area contributed by atoms with Crippen molar-refractivity contribution in [3.8, 4) is 0 Å². The first kappa shape index (κ1) is 12.9. The van der Waals surface area contributed by atoms with E-state index in [0.717, 1.165) is 0 Å². The van der Waals surface area contributed by atoms with Gasteiger partial charge >= 0.3 is 0 Å². The molecule has 0 aromatic rings. The summed E-state index contributed by atoms with van der Waals surface area (Å²) < 4.78 is 22.9. The van der Waals surface area contributed by atoms with Crippen LogP contribution in [0.1, 0.15) is 20.3 Å². The highest BCUT2D eigenvalue weighted by atomic mass is 32.2. The van der Waals surface area contributed by atoms with Crippen molar-refractivity contribution in [2.45, 2.75) is 32.5 Å². The van der Waals surface area contributed by atoms with Gasteiger partial charge in [0.2, 0.25) is 10.9 Å². The summed E-state index contributed by atoms with van der Waals surface area (Å²) in [6.07, 6.45) is -0.857. The molecule has 0 spiro atoms. The van der Waals surface area contributed by atoms with Crippen molar-refractivity contribution in [2.24, 2.45) is 11.8 Å². The molecule has 15 heavy (non-hydrogen) atoms. The van der Waals surface area contributed by atoms with Gasteiger partial charge in [-0.25, -0.2) is 12.7 Å². The lowest BCUT2D eigenvalue weighted by molar-refractivity contribution is 0.00434. The van der Waals surface area contributed by atoms with Gasteiger partial charge in [-0.3, -0.25) is 0 Å². The zero-order valence-corrected chi connectivity index (χ0v) is 9.93. The molecule has 0 amide bonds. The smallest absolute Gasteiger partial charge is 0.203 e. The van der Waals surface area contributed by atoms with Crippen molar-refractivity contribution >= 4 is 10.9 Å². The van der Waals surface area contributed by atoms with E-state index >= 15 is 0 Å². The molecule has 1 saturated carbocycles. The van der Waals surface area contributed by atoms with Crippen LogP contribution in [0, 0.1) is 11.8 Å². The maximum Gasteiger partial charge on any atom is 0.203 e. The Labute approximate surface area is 91.8 Å². The van der Waals surface area contributed by atoms with Crippen LogP contribution in [0.2, 0.25) is 0 Å². The molecule has 1 fully saturated rings. The maximum absolute atomic E-state index is 10.8. The third-order valence-corrected chi connectivity index (χ3v) is 4.04. The Kier molecular flexibility index (Phi) is 4.51. The monoisotopic (exact) mass is 237 g/mol. The van der Waals surface area contributed by atoms with Crippen LogP contribution < -0.4 is 0 Å². The summed E-state index contributed by atoms with van der Waals surface area (Å²) in [6, 6.07) is 0. The molecule has 0 unspecified atom stereocenters. The summed E-state index contributed by atoms with van der Waals surface area (Å²) in [7, 11) is -2.59. The molecule has 0 heterocycles. The average molecular weight is 237 g/mol. The molecule has 2 N–H and O–H groups in total. The first-order chi connectivity index (χ1) is 6.97. The molecule has 0 aromatic carbocycles. The number of aliphatic hydroxyl groups excluding tert-OH is 2. The minimum atomic E-state index is -2.59. The van der Waals surface area contributed by atoms with E-state index in [-0.39, 0.29) is 11.8 Å². The van der Waals surface area contributed by atoms with Gasteiger partial charge in [0.1, 0.15) is 0 Å². The van der Waals surface area contributed by atoms with Gasteiger partial charge in [-0.2, -0.15) is 0 Å².